The van der Waals surface area contributed by atoms with E-state index in [0.29, 0.717) is 5.41 Å². The van der Waals surface area contributed by atoms with Crippen molar-refractivity contribution in [1.29, 1.82) is 0 Å². The van der Waals surface area contributed by atoms with Gasteiger partial charge in [-0.2, -0.15) is 0 Å². The van der Waals surface area contributed by atoms with E-state index in [2.05, 4.69) is 17.0 Å². The Labute approximate surface area is 114 Å². The zero-order chi connectivity index (χ0) is 13.3. The fourth-order valence-electron chi connectivity index (χ4n) is 3.56. The Morgan fingerprint density at radius 2 is 1.74 bits per heavy atom. The lowest BCUT2D eigenvalue weighted by Gasteiger charge is -2.53. The molecule has 2 fully saturated rings. The van der Waals surface area contributed by atoms with Crippen LogP contribution in [-0.4, -0.2) is 24.2 Å². The van der Waals surface area contributed by atoms with Gasteiger partial charge >= 0.3 is 5.97 Å². The topological polar surface area (TPSA) is 40.5 Å². The van der Waals surface area contributed by atoms with E-state index in [1.165, 1.54) is 50.9 Å². The number of carbonyl (C=O) groups is 1. The van der Waals surface area contributed by atoms with Crippen LogP contribution in [0.15, 0.2) is 24.3 Å². The molecule has 0 unspecified atom stereocenters. The van der Waals surface area contributed by atoms with E-state index in [9.17, 15) is 4.79 Å². The normalized spacial score (nSPS) is 21.2. The fourth-order valence-corrected chi connectivity index (χ4v) is 3.56. The first-order valence-electron chi connectivity index (χ1n) is 7.23. The molecule has 1 spiro atoms. The Bertz CT molecular complexity index is 452. The number of carboxylic acid groups (broad SMARTS) is 1. The van der Waals surface area contributed by atoms with Gasteiger partial charge in [0.15, 0.2) is 0 Å². The molecule has 1 aromatic carbocycles. The van der Waals surface area contributed by atoms with Gasteiger partial charge in [-0.25, -0.2) is 0 Å². The third kappa shape index (κ3) is 2.60. The summed E-state index contributed by atoms with van der Waals surface area (Å²) in [5.41, 5.74) is 2.72. The monoisotopic (exact) mass is 259 g/mol. The predicted molar refractivity (Wildman–Crippen MR) is 75.5 cm³/mol. The van der Waals surface area contributed by atoms with Crippen LogP contribution in [0.2, 0.25) is 0 Å². The van der Waals surface area contributed by atoms with Crippen LogP contribution in [0.25, 0.3) is 0 Å². The largest absolute Gasteiger partial charge is 0.481 e. The van der Waals surface area contributed by atoms with Gasteiger partial charge in [0.2, 0.25) is 0 Å². The van der Waals surface area contributed by atoms with Crippen LogP contribution in [0.3, 0.4) is 0 Å². The van der Waals surface area contributed by atoms with Gasteiger partial charge in [-0.3, -0.25) is 4.79 Å². The average Bonchev–Trinajstić information content (AvgIpc) is 2.37. The smallest absolute Gasteiger partial charge is 0.307 e. The van der Waals surface area contributed by atoms with Crippen molar-refractivity contribution < 1.29 is 9.90 Å². The molecule has 0 aromatic heterocycles. The Morgan fingerprint density at radius 1 is 1.11 bits per heavy atom. The molecule has 1 heterocycles. The summed E-state index contributed by atoms with van der Waals surface area (Å²) in [6.45, 7) is 2.37. The number of nitrogens with zero attached hydrogens (tertiary/aromatic N) is 1. The Balaban J connectivity index is 1.60. The maximum Gasteiger partial charge on any atom is 0.307 e. The van der Waals surface area contributed by atoms with Crippen LogP contribution < -0.4 is 4.90 Å². The maximum atomic E-state index is 10.6. The van der Waals surface area contributed by atoms with E-state index < -0.39 is 5.97 Å². The van der Waals surface area contributed by atoms with Crippen molar-refractivity contribution in [2.24, 2.45) is 5.41 Å². The average molecular weight is 259 g/mol. The molecule has 1 aromatic rings. The van der Waals surface area contributed by atoms with Crippen molar-refractivity contribution in [3.63, 3.8) is 0 Å². The molecule has 1 saturated heterocycles. The Kier molecular flexibility index (Phi) is 3.21. The zero-order valence-electron chi connectivity index (χ0n) is 11.3. The molecule has 1 saturated carbocycles. The molecule has 19 heavy (non-hydrogen) atoms. The number of anilines is 1. The van der Waals surface area contributed by atoms with Gasteiger partial charge in [-0.05, 0) is 30.5 Å². The van der Waals surface area contributed by atoms with Crippen molar-refractivity contribution in [3.8, 4) is 0 Å². The molecule has 3 nitrogen and oxygen atoms in total. The quantitative estimate of drug-likeness (QED) is 0.906. The number of benzene rings is 1. The molecule has 0 bridgehead atoms. The number of rotatable bonds is 3. The maximum absolute atomic E-state index is 10.6. The second-order valence-electron chi connectivity index (χ2n) is 6.15. The van der Waals surface area contributed by atoms with Crippen molar-refractivity contribution in [1.82, 2.24) is 0 Å². The molecule has 0 atom stereocenters. The van der Waals surface area contributed by atoms with Crippen LogP contribution in [0, 0.1) is 5.41 Å². The van der Waals surface area contributed by atoms with Gasteiger partial charge in [0.05, 0.1) is 6.42 Å². The summed E-state index contributed by atoms with van der Waals surface area (Å²) in [5.74, 6) is -0.766. The van der Waals surface area contributed by atoms with E-state index in [4.69, 9.17) is 5.11 Å². The number of aliphatic carboxylic acids is 1. The van der Waals surface area contributed by atoms with Gasteiger partial charge < -0.3 is 10.0 Å². The second kappa shape index (κ2) is 4.87. The van der Waals surface area contributed by atoms with E-state index in [1.807, 2.05) is 12.1 Å². The highest BCUT2D eigenvalue weighted by Gasteiger charge is 2.43. The Hall–Kier alpha value is -1.51. The number of hydrogen-bond donors (Lipinski definition) is 1. The lowest BCUT2D eigenvalue weighted by Crippen LogP contribution is -2.57. The van der Waals surface area contributed by atoms with Crippen LogP contribution in [0.4, 0.5) is 5.69 Å². The first-order chi connectivity index (χ1) is 9.17. The van der Waals surface area contributed by atoms with Gasteiger partial charge in [0, 0.05) is 24.2 Å². The van der Waals surface area contributed by atoms with Gasteiger partial charge in [-0.1, -0.05) is 31.4 Å². The van der Waals surface area contributed by atoms with Crippen LogP contribution in [0.1, 0.15) is 37.7 Å². The number of hydrogen-bond acceptors (Lipinski definition) is 2. The lowest BCUT2D eigenvalue weighted by atomic mass is 9.68. The van der Waals surface area contributed by atoms with E-state index in [1.54, 1.807) is 0 Å². The van der Waals surface area contributed by atoms with Crippen LogP contribution >= 0.6 is 0 Å². The molecular formula is C16H21NO2. The molecule has 2 aliphatic rings. The molecule has 1 N–H and O–H groups in total. The highest BCUT2D eigenvalue weighted by atomic mass is 16.4. The summed E-state index contributed by atoms with van der Waals surface area (Å²) >= 11 is 0. The standard InChI is InChI=1S/C16H21NO2/c18-15(19)10-13-4-6-14(7-5-13)17-11-16(12-17)8-2-1-3-9-16/h4-7H,1-3,8-12H2,(H,18,19). The highest BCUT2D eigenvalue weighted by Crippen LogP contribution is 2.45. The minimum Gasteiger partial charge on any atom is -0.481 e. The molecule has 1 aliphatic carbocycles. The van der Waals surface area contributed by atoms with Crippen molar-refractivity contribution >= 4 is 11.7 Å². The third-order valence-corrected chi connectivity index (χ3v) is 4.62. The van der Waals surface area contributed by atoms with E-state index in [0.717, 1.165) is 5.56 Å². The molecule has 0 radical (unpaired) electrons. The minimum atomic E-state index is -0.766. The summed E-state index contributed by atoms with van der Waals surface area (Å²) in [4.78, 5) is 13.1. The molecule has 1 aliphatic heterocycles. The molecule has 0 amide bonds. The predicted octanol–water partition coefficient (Wildman–Crippen LogP) is 3.08. The lowest BCUT2D eigenvalue weighted by molar-refractivity contribution is -0.136. The fraction of sp³-hybridized carbons (Fsp3) is 0.562. The van der Waals surface area contributed by atoms with Crippen molar-refractivity contribution in [3.05, 3.63) is 29.8 Å². The SMILES string of the molecule is O=C(O)Cc1ccc(N2CC3(CCCCC3)C2)cc1. The van der Waals surface area contributed by atoms with Crippen LogP contribution in [-0.2, 0) is 11.2 Å². The Morgan fingerprint density at radius 3 is 2.32 bits per heavy atom. The second-order valence-corrected chi connectivity index (χ2v) is 6.15. The molecule has 3 heteroatoms. The number of carboxylic acids is 1. The zero-order valence-corrected chi connectivity index (χ0v) is 11.3. The summed E-state index contributed by atoms with van der Waals surface area (Å²) in [7, 11) is 0. The minimum absolute atomic E-state index is 0.115. The van der Waals surface area contributed by atoms with Gasteiger partial charge in [-0.15, -0.1) is 0 Å². The third-order valence-electron chi connectivity index (χ3n) is 4.62. The van der Waals surface area contributed by atoms with Gasteiger partial charge in [0.25, 0.3) is 0 Å². The van der Waals surface area contributed by atoms with E-state index in [-0.39, 0.29) is 6.42 Å². The summed E-state index contributed by atoms with van der Waals surface area (Å²) < 4.78 is 0. The molecular weight excluding hydrogens is 238 g/mol. The first kappa shape index (κ1) is 12.5. The summed E-state index contributed by atoms with van der Waals surface area (Å²) in [6.07, 6.45) is 7.09. The molecule has 3 rings (SSSR count). The highest BCUT2D eigenvalue weighted by molar-refractivity contribution is 5.70. The van der Waals surface area contributed by atoms with Crippen molar-refractivity contribution in [2.75, 3.05) is 18.0 Å². The van der Waals surface area contributed by atoms with Crippen LogP contribution in [0.5, 0.6) is 0 Å². The van der Waals surface area contributed by atoms with Crippen molar-refractivity contribution in [2.45, 2.75) is 38.5 Å². The summed E-state index contributed by atoms with van der Waals surface area (Å²) in [6, 6.07) is 8.01. The van der Waals surface area contributed by atoms with E-state index >= 15 is 0 Å². The molecule has 102 valence electrons. The first-order valence-corrected chi connectivity index (χ1v) is 7.23. The summed E-state index contributed by atoms with van der Waals surface area (Å²) in [5, 5.41) is 8.76. The van der Waals surface area contributed by atoms with Gasteiger partial charge in [0.1, 0.15) is 0 Å².